The number of aromatic nitrogens is 3. The number of nitrogens with two attached hydrogens (primary N) is 1. The first-order valence-corrected chi connectivity index (χ1v) is 4.95. The molecule has 3 N–H and O–H groups in total. The molecule has 0 aliphatic heterocycles. The van der Waals surface area contributed by atoms with E-state index in [0.29, 0.717) is 22.6 Å². The molecule has 0 amide bonds. The summed E-state index contributed by atoms with van der Waals surface area (Å²) in [6.45, 7) is 0. The lowest BCUT2D eigenvalue weighted by molar-refractivity contribution is 0.555. The summed E-state index contributed by atoms with van der Waals surface area (Å²) in [4.78, 5) is 13.6. The predicted molar refractivity (Wildman–Crippen MR) is 62.3 cm³/mol. The van der Waals surface area contributed by atoms with E-state index in [9.17, 15) is 4.79 Å². The van der Waals surface area contributed by atoms with Gasteiger partial charge in [-0.25, -0.2) is 4.79 Å². The van der Waals surface area contributed by atoms with Gasteiger partial charge in [0, 0.05) is 5.56 Å². The maximum Gasteiger partial charge on any atom is 0.417 e. The average Bonchev–Trinajstić information content (AvgIpc) is 2.69. The van der Waals surface area contributed by atoms with E-state index in [2.05, 4.69) is 15.2 Å². The lowest BCUT2D eigenvalue weighted by Crippen LogP contribution is -1.94. The number of hydrogen-bond acceptors (Lipinski definition) is 5. The van der Waals surface area contributed by atoms with Gasteiger partial charge in [0.1, 0.15) is 5.82 Å². The van der Waals surface area contributed by atoms with Crippen LogP contribution in [0.4, 0.5) is 5.82 Å². The highest BCUT2D eigenvalue weighted by molar-refractivity contribution is 5.78. The second-order valence-electron chi connectivity index (χ2n) is 3.57. The normalized spacial score (nSPS) is 10.8. The standard InChI is InChI=1S/C11H8N4O2/c12-10-4-2-7(14-15-10)6-1-3-9-8(5-6)13-11(16)17-9/h1-5H,(H2,12,15)(H,13,16). The molecule has 2 aromatic heterocycles. The Bertz CT molecular complexity index is 727. The van der Waals surface area contributed by atoms with Crippen LogP contribution in [0.25, 0.3) is 22.4 Å². The van der Waals surface area contributed by atoms with Gasteiger partial charge in [0.05, 0.1) is 11.2 Å². The summed E-state index contributed by atoms with van der Waals surface area (Å²) in [6.07, 6.45) is 0. The van der Waals surface area contributed by atoms with Gasteiger partial charge < -0.3 is 10.2 Å². The highest BCUT2D eigenvalue weighted by Gasteiger charge is 2.05. The van der Waals surface area contributed by atoms with Crippen molar-refractivity contribution in [2.75, 3.05) is 5.73 Å². The first kappa shape index (κ1) is 9.59. The Balaban J connectivity index is 2.17. The smallest absolute Gasteiger partial charge is 0.408 e. The first-order chi connectivity index (χ1) is 8.22. The van der Waals surface area contributed by atoms with E-state index in [1.54, 1.807) is 30.3 Å². The molecule has 17 heavy (non-hydrogen) atoms. The Morgan fingerprint density at radius 2 is 2.06 bits per heavy atom. The minimum Gasteiger partial charge on any atom is -0.408 e. The van der Waals surface area contributed by atoms with E-state index >= 15 is 0 Å². The Kier molecular flexibility index (Phi) is 1.94. The number of nitrogen functional groups attached to an aromatic ring is 1. The van der Waals surface area contributed by atoms with Gasteiger partial charge in [-0.05, 0) is 30.3 Å². The summed E-state index contributed by atoms with van der Waals surface area (Å²) >= 11 is 0. The van der Waals surface area contributed by atoms with Crippen LogP contribution in [0, 0.1) is 0 Å². The van der Waals surface area contributed by atoms with Crippen LogP contribution >= 0.6 is 0 Å². The molecule has 0 spiro atoms. The number of oxazole rings is 1. The van der Waals surface area contributed by atoms with E-state index in [-0.39, 0.29) is 0 Å². The van der Waals surface area contributed by atoms with Gasteiger partial charge in [0.25, 0.3) is 0 Å². The molecular weight excluding hydrogens is 220 g/mol. The Hall–Kier alpha value is -2.63. The van der Waals surface area contributed by atoms with E-state index in [1.807, 2.05) is 0 Å². The van der Waals surface area contributed by atoms with Crippen molar-refractivity contribution in [1.82, 2.24) is 15.2 Å². The number of benzene rings is 1. The van der Waals surface area contributed by atoms with Crippen LogP contribution in [0.15, 0.2) is 39.5 Å². The zero-order chi connectivity index (χ0) is 11.8. The van der Waals surface area contributed by atoms with E-state index < -0.39 is 5.76 Å². The molecule has 0 fully saturated rings. The number of anilines is 1. The molecule has 6 nitrogen and oxygen atoms in total. The van der Waals surface area contributed by atoms with Gasteiger partial charge in [0.15, 0.2) is 5.58 Å². The lowest BCUT2D eigenvalue weighted by atomic mass is 10.1. The third-order valence-corrected chi connectivity index (χ3v) is 2.40. The Morgan fingerprint density at radius 3 is 2.82 bits per heavy atom. The van der Waals surface area contributed by atoms with Crippen LogP contribution in [0.1, 0.15) is 0 Å². The average molecular weight is 228 g/mol. The number of hydrogen-bond donors (Lipinski definition) is 2. The van der Waals surface area contributed by atoms with Crippen molar-refractivity contribution in [3.63, 3.8) is 0 Å². The van der Waals surface area contributed by atoms with Crippen molar-refractivity contribution >= 4 is 16.9 Å². The maximum atomic E-state index is 11.0. The van der Waals surface area contributed by atoms with Crippen molar-refractivity contribution in [2.24, 2.45) is 0 Å². The zero-order valence-corrected chi connectivity index (χ0v) is 8.68. The Labute approximate surface area is 95.1 Å². The van der Waals surface area contributed by atoms with E-state index in [0.717, 1.165) is 5.56 Å². The molecule has 3 rings (SSSR count). The van der Waals surface area contributed by atoms with E-state index in [1.165, 1.54) is 0 Å². The van der Waals surface area contributed by atoms with Gasteiger partial charge in [-0.2, -0.15) is 0 Å². The second-order valence-corrected chi connectivity index (χ2v) is 3.57. The monoisotopic (exact) mass is 228 g/mol. The molecule has 1 aromatic carbocycles. The fraction of sp³-hybridized carbons (Fsp3) is 0. The molecule has 0 atom stereocenters. The molecule has 0 unspecified atom stereocenters. The number of nitrogens with zero attached hydrogens (tertiary/aromatic N) is 2. The van der Waals surface area contributed by atoms with Crippen LogP contribution < -0.4 is 11.5 Å². The first-order valence-electron chi connectivity index (χ1n) is 4.95. The largest absolute Gasteiger partial charge is 0.417 e. The van der Waals surface area contributed by atoms with Gasteiger partial charge >= 0.3 is 5.76 Å². The van der Waals surface area contributed by atoms with Crippen LogP contribution in [0.2, 0.25) is 0 Å². The quantitative estimate of drug-likeness (QED) is 0.651. The fourth-order valence-corrected chi connectivity index (χ4v) is 1.61. The molecule has 84 valence electrons. The second kappa shape index (κ2) is 3.44. The third-order valence-electron chi connectivity index (χ3n) is 2.40. The van der Waals surface area contributed by atoms with Gasteiger partial charge in [0.2, 0.25) is 0 Å². The summed E-state index contributed by atoms with van der Waals surface area (Å²) in [5, 5.41) is 7.74. The predicted octanol–water partition coefficient (Wildman–Crippen LogP) is 1.16. The number of H-pyrrole nitrogens is 1. The third kappa shape index (κ3) is 1.65. The van der Waals surface area contributed by atoms with Crippen molar-refractivity contribution in [3.05, 3.63) is 40.9 Å². The molecule has 2 heterocycles. The van der Waals surface area contributed by atoms with Gasteiger partial charge in [-0.1, -0.05) is 0 Å². The van der Waals surface area contributed by atoms with Crippen molar-refractivity contribution in [1.29, 1.82) is 0 Å². The SMILES string of the molecule is Nc1ccc(-c2ccc3oc(=O)[nH]c3c2)nn1. The zero-order valence-electron chi connectivity index (χ0n) is 8.68. The topological polar surface area (TPSA) is 97.8 Å². The molecule has 0 aliphatic carbocycles. The summed E-state index contributed by atoms with van der Waals surface area (Å²) in [5.41, 5.74) is 8.13. The molecule has 0 saturated carbocycles. The van der Waals surface area contributed by atoms with Gasteiger partial charge in [-0.15, -0.1) is 10.2 Å². The van der Waals surface area contributed by atoms with Gasteiger partial charge in [-0.3, -0.25) is 4.98 Å². The number of rotatable bonds is 1. The number of aromatic amines is 1. The molecular formula is C11H8N4O2. The van der Waals surface area contributed by atoms with E-state index in [4.69, 9.17) is 10.2 Å². The summed E-state index contributed by atoms with van der Waals surface area (Å²) in [7, 11) is 0. The summed E-state index contributed by atoms with van der Waals surface area (Å²) in [5.74, 6) is -0.105. The van der Waals surface area contributed by atoms with Crippen LogP contribution in [0.5, 0.6) is 0 Å². The lowest BCUT2D eigenvalue weighted by Gasteiger charge is -1.99. The molecule has 0 bridgehead atoms. The molecule has 0 saturated heterocycles. The Morgan fingerprint density at radius 1 is 1.18 bits per heavy atom. The molecule has 6 heteroatoms. The summed E-state index contributed by atoms with van der Waals surface area (Å²) < 4.78 is 4.91. The van der Waals surface area contributed by atoms with Crippen LogP contribution in [0.3, 0.4) is 0 Å². The minimum atomic E-state index is -0.472. The fourth-order valence-electron chi connectivity index (χ4n) is 1.61. The summed E-state index contributed by atoms with van der Waals surface area (Å²) in [6, 6.07) is 8.73. The van der Waals surface area contributed by atoms with Crippen molar-refractivity contribution in [3.8, 4) is 11.3 Å². The molecule has 3 aromatic rings. The number of fused-ring (bicyclic) bond motifs is 1. The van der Waals surface area contributed by atoms with Crippen molar-refractivity contribution in [2.45, 2.75) is 0 Å². The highest BCUT2D eigenvalue weighted by atomic mass is 16.4. The van der Waals surface area contributed by atoms with Crippen LogP contribution in [-0.2, 0) is 0 Å². The minimum absolute atomic E-state index is 0.367. The van der Waals surface area contributed by atoms with Crippen LogP contribution in [-0.4, -0.2) is 15.2 Å². The maximum absolute atomic E-state index is 11.0. The molecule has 0 aliphatic rings. The number of nitrogens with one attached hydrogen (secondary N) is 1. The highest BCUT2D eigenvalue weighted by Crippen LogP contribution is 2.20. The van der Waals surface area contributed by atoms with Crippen molar-refractivity contribution < 1.29 is 4.42 Å². The molecule has 0 radical (unpaired) electrons.